The Hall–Kier alpha value is -1.55. The lowest BCUT2D eigenvalue weighted by molar-refractivity contribution is -0.129. The van der Waals surface area contributed by atoms with E-state index >= 15 is 0 Å². The highest BCUT2D eigenvalue weighted by Gasteiger charge is 2.08. The van der Waals surface area contributed by atoms with Crippen LogP contribution >= 0.6 is 0 Å². The number of rotatable bonds is 7. The zero-order chi connectivity index (χ0) is 13.4. The number of nitrogens with two attached hydrogens (primary N) is 1. The standard InChI is InChI=1S/C14H22N2O2/c1-16(11-3-10-15)14(17)9-6-12-4-7-13(18-2)8-5-12/h4-5,7-8H,3,6,9-11,15H2,1-2H3. The zero-order valence-corrected chi connectivity index (χ0v) is 11.2. The van der Waals surface area contributed by atoms with E-state index in [0.29, 0.717) is 13.0 Å². The molecule has 0 heterocycles. The quantitative estimate of drug-likeness (QED) is 0.796. The Morgan fingerprint density at radius 2 is 2.00 bits per heavy atom. The van der Waals surface area contributed by atoms with E-state index in [1.807, 2.05) is 31.3 Å². The van der Waals surface area contributed by atoms with Crippen molar-refractivity contribution < 1.29 is 9.53 Å². The van der Waals surface area contributed by atoms with Crippen molar-refractivity contribution in [3.8, 4) is 5.75 Å². The molecule has 0 fully saturated rings. The number of hydrogen-bond donors (Lipinski definition) is 1. The molecule has 0 aliphatic rings. The highest BCUT2D eigenvalue weighted by Crippen LogP contribution is 2.12. The van der Waals surface area contributed by atoms with Crippen LogP contribution in [0.1, 0.15) is 18.4 Å². The number of nitrogens with zero attached hydrogens (tertiary/aromatic N) is 1. The molecule has 1 aromatic rings. The predicted octanol–water partition coefficient (Wildman–Crippen LogP) is 1.43. The van der Waals surface area contributed by atoms with Crippen LogP contribution in [0.15, 0.2) is 24.3 Å². The van der Waals surface area contributed by atoms with Gasteiger partial charge in [0.2, 0.25) is 5.91 Å². The third kappa shape index (κ3) is 4.75. The lowest BCUT2D eigenvalue weighted by atomic mass is 10.1. The summed E-state index contributed by atoms with van der Waals surface area (Å²) in [7, 11) is 3.47. The first-order chi connectivity index (χ1) is 8.67. The molecule has 0 aromatic heterocycles. The average Bonchev–Trinajstić information content (AvgIpc) is 2.42. The monoisotopic (exact) mass is 250 g/mol. The summed E-state index contributed by atoms with van der Waals surface area (Å²) in [4.78, 5) is 13.6. The molecule has 1 rings (SSSR count). The second-order valence-corrected chi connectivity index (χ2v) is 4.31. The second kappa shape index (κ2) is 7.71. The molecular weight excluding hydrogens is 228 g/mol. The van der Waals surface area contributed by atoms with E-state index in [1.54, 1.807) is 12.0 Å². The number of benzene rings is 1. The van der Waals surface area contributed by atoms with Crippen molar-refractivity contribution in [2.24, 2.45) is 5.73 Å². The average molecular weight is 250 g/mol. The number of aryl methyl sites for hydroxylation is 1. The zero-order valence-electron chi connectivity index (χ0n) is 11.2. The molecular formula is C14H22N2O2. The number of ether oxygens (including phenoxy) is 1. The highest BCUT2D eigenvalue weighted by atomic mass is 16.5. The van der Waals surface area contributed by atoms with Crippen LogP contribution in [0.25, 0.3) is 0 Å². The molecule has 0 aliphatic carbocycles. The van der Waals surface area contributed by atoms with Gasteiger partial charge in [0.1, 0.15) is 5.75 Å². The highest BCUT2D eigenvalue weighted by molar-refractivity contribution is 5.76. The molecule has 18 heavy (non-hydrogen) atoms. The van der Waals surface area contributed by atoms with E-state index in [2.05, 4.69) is 0 Å². The molecule has 1 aromatic carbocycles. The maximum atomic E-state index is 11.8. The minimum absolute atomic E-state index is 0.166. The van der Waals surface area contributed by atoms with Crippen molar-refractivity contribution in [2.75, 3.05) is 27.2 Å². The van der Waals surface area contributed by atoms with Crippen molar-refractivity contribution in [1.29, 1.82) is 0 Å². The fourth-order valence-electron chi connectivity index (χ4n) is 1.69. The Kier molecular flexibility index (Phi) is 6.22. The second-order valence-electron chi connectivity index (χ2n) is 4.31. The Balaban J connectivity index is 2.37. The van der Waals surface area contributed by atoms with Gasteiger partial charge in [-0.05, 0) is 37.1 Å². The molecule has 0 aliphatic heterocycles. The van der Waals surface area contributed by atoms with Crippen LogP contribution < -0.4 is 10.5 Å². The number of methoxy groups -OCH3 is 1. The topological polar surface area (TPSA) is 55.6 Å². The van der Waals surface area contributed by atoms with Crippen LogP contribution in [0, 0.1) is 0 Å². The molecule has 1 amide bonds. The van der Waals surface area contributed by atoms with Crippen molar-refractivity contribution in [2.45, 2.75) is 19.3 Å². The van der Waals surface area contributed by atoms with Crippen molar-refractivity contribution in [1.82, 2.24) is 4.90 Å². The minimum atomic E-state index is 0.166. The van der Waals surface area contributed by atoms with Gasteiger partial charge in [0, 0.05) is 20.0 Å². The lowest BCUT2D eigenvalue weighted by Gasteiger charge is -2.16. The summed E-state index contributed by atoms with van der Waals surface area (Å²) in [6, 6.07) is 7.81. The smallest absolute Gasteiger partial charge is 0.222 e. The first-order valence-electron chi connectivity index (χ1n) is 6.24. The van der Waals surface area contributed by atoms with Crippen molar-refractivity contribution >= 4 is 5.91 Å². The van der Waals surface area contributed by atoms with Gasteiger partial charge in [-0.25, -0.2) is 0 Å². The maximum Gasteiger partial charge on any atom is 0.222 e. The molecule has 100 valence electrons. The molecule has 0 saturated carbocycles. The molecule has 4 nitrogen and oxygen atoms in total. The van der Waals surface area contributed by atoms with Gasteiger partial charge in [0.25, 0.3) is 0 Å². The van der Waals surface area contributed by atoms with Crippen molar-refractivity contribution in [3.05, 3.63) is 29.8 Å². The first-order valence-corrected chi connectivity index (χ1v) is 6.24. The summed E-state index contributed by atoms with van der Waals surface area (Å²) in [6.07, 6.45) is 2.15. The summed E-state index contributed by atoms with van der Waals surface area (Å²) in [5.74, 6) is 1.00. The van der Waals surface area contributed by atoms with Gasteiger partial charge >= 0.3 is 0 Å². The molecule has 0 bridgehead atoms. The van der Waals surface area contributed by atoms with Gasteiger partial charge in [-0.3, -0.25) is 4.79 Å². The molecule has 0 atom stereocenters. The van der Waals surface area contributed by atoms with Crippen LogP contribution in [0.2, 0.25) is 0 Å². The summed E-state index contributed by atoms with van der Waals surface area (Å²) in [5, 5.41) is 0. The van der Waals surface area contributed by atoms with E-state index in [0.717, 1.165) is 30.7 Å². The van der Waals surface area contributed by atoms with E-state index in [4.69, 9.17) is 10.5 Å². The Labute approximate surface area is 109 Å². The maximum absolute atomic E-state index is 11.8. The van der Waals surface area contributed by atoms with Crippen LogP contribution in [0.3, 0.4) is 0 Å². The van der Waals surface area contributed by atoms with Gasteiger partial charge < -0.3 is 15.4 Å². The van der Waals surface area contributed by atoms with Crippen molar-refractivity contribution in [3.63, 3.8) is 0 Å². The van der Waals surface area contributed by atoms with Crippen LogP contribution in [-0.2, 0) is 11.2 Å². The normalized spacial score (nSPS) is 10.2. The number of carbonyl (C=O) groups excluding carboxylic acids is 1. The van der Waals surface area contributed by atoms with E-state index in [1.165, 1.54) is 0 Å². The van der Waals surface area contributed by atoms with Gasteiger partial charge in [-0.15, -0.1) is 0 Å². The predicted molar refractivity (Wildman–Crippen MR) is 72.6 cm³/mol. The third-order valence-electron chi connectivity index (χ3n) is 2.91. The number of amides is 1. The first kappa shape index (κ1) is 14.5. The summed E-state index contributed by atoms with van der Waals surface area (Å²) in [6.45, 7) is 1.36. The Morgan fingerprint density at radius 1 is 1.33 bits per heavy atom. The SMILES string of the molecule is COc1ccc(CCC(=O)N(C)CCCN)cc1. The molecule has 0 saturated heterocycles. The third-order valence-corrected chi connectivity index (χ3v) is 2.91. The number of hydrogen-bond acceptors (Lipinski definition) is 3. The summed E-state index contributed by atoms with van der Waals surface area (Å²) in [5.41, 5.74) is 6.57. The summed E-state index contributed by atoms with van der Waals surface area (Å²) >= 11 is 0. The fourth-order valence-corrected chi connectivity index (χ4v) is 1.69. The molecule has 0 spiro atoms. The number of carbonyl (C=O) groups is 1. The largest absolute Gasteiger partial charge is 0.497 e. The minimum Gasteiger partial charge on any atom is -0.497 e. The van der Waals surface area contributed by atoms with Gasteiger partial charge in [0.05, 0.1) is 7.11 Å². The van der Waals surface area contributed by atoms with Crippen LogP contribution in [-0.4, -0.2) is 38.1 Å². The molecule has 4 heteroatoms. The fraction of sp³-hybridized carbons (Fsp3) is 0.500. The van der Waals surface area contributed by atoms with Gasteiger partial charge in [-0.2, -0.15) is 0 Å². The Bertz CT molecular complexity index is 363. The molecule has 2 N–H and O–H groups in total. The van der Waals surface area contributed by atoms with E-state index in [-0.39, 0.29) is 5.91 Å². The Morgan fingerprint density at radius 3 is 2.56 bits per heavy atom. The van der Waals surface area contributed by atoms with Crippen LogP contribution in [0.4, 0.5) is 0 Å². The molecule has 0 radical (unpaired) electrons. The van der Waals surface area contributed by atoms with Gasteiger partial charge in [-0.1, -0.05) is 12.1 Å². The van der Waals surface area contributed by atoms with Gasteiger partial charge in [0.15, 0.2) is 0 Å². The lowest BCUT2D eigenvalue weighted by Crippen LogP contribution is -2.29. The molecule has 0 unspecified atom stereocenters. The van der Waals surface area contributed by atoms with E-state index < -0.39 is 0 Å². The summed E-state index contributed by atoms with van der Waals surface area (Å²) < 4.78 is 5.09. The van der Waals surface area contributed by atoms with E-state index in [9.17, 15) is 4.79 Å². The van der Waals surface area contributed by atoms with Crippen LogP contribution in [0.5, 0.6) is 5.75 Å².